The van der Waals surface area contributed by atoms with Crippen molar-refractivity contribution in [3.05, 3.63) is 175 Å². The highest BCUT2D eigenvalue weighted by molar-refractivity contribution is 6.01. The zero-order valence-electron chi connectivity index (χ0n) is 27.1. The van der Waals surface area contributed by atoms with Crippen molar-refractivity contribution in [2.45, 2.75) is 13.8 Å². The van der Waals surface area contributed by atoms with Gasteiger partial charge in [-0.25, -0.2) is 0 Å². The monoisotopic (exact) mass is 603 g/mol. The van der Waals surface area contributed by atoms with Crippen LogP contribution >= 0.6 is 0 Å². The molecule has 7 aromatic rings. The highest BCUT2D eigenvalue weighted by Crippen LogP contribution is 2.39. The molecule has 0 aliphatic carbocycles. The van der Waals surface area contributed by atoms with E-state index < -0.39 is 0 Å². The molecule has 0 atom stereocenters. The van der Waals surface area contributed by atoms with E-state index in [1.807, 2.05) is 12.2 Å². The van der Waals surface area contributed by atoms with Crippen LogP contribution in [0.25, 0.3) is 71.6 Å². The largest absolute Gasteiger partial charge is 0.297 e. The van der Waals surface area contributed by atoms with Gasteiger partial charge >= 0.3 is 0 Å². The Kier molecular flexibility index (Phi) is 8.45. The number of aryl methyl sites for hydroxylation is 1. The molecule has 0 fully saturated rings. The van der Waals surface area contributed by atoms with E-state index in [-0.39, 0.29) is 0 Å². The predicted octanol–water partition coefficient (Wildman–Crippen LogP) is 12.6. The van der Waals surface area contributed by atoms with E-state index in [1.165, 1.54) is 82.8 Å². The van der Waals surface area contributed by atoms with E-state index in [1.54, 1.807) is 13.3 Å². The molecule has 0 radical (unpaired) electrons. The summed E-state index contributed by atoms with van der Waals surface area (Å²) in [7, 11) is 1.78. The summed E-state index contributed by atoms with van der Waals surface area (Å²) in [5, 5.41) is 5.02. The molecule has 0 saturated carbocycles. The summed E-state index contributed by atoms with van der Waals surface area (Å²) in [4.78, 5) is 4.04. The molecule has 7 aromatic carbocycles. The Labute approximate surface area is 277 Å². The first-order chi connectivity index (χ1) is 23.1. The summed E-state index contributed by atoms with van der Waals surface area (Å²) in [6, 6.07) is 53.4. The second-order valence-corrected chi connectivity index (χ2v) is 12.1. The Balaban J connectivity index is 1.38. The van der Waals surface area contributed by atoms with Crippen molar-refractivity contribution in [1.29, 1.82) is 0 Å². The van der Waals surface area contributed by atoms with Crippen LogP contribution in [0, 0.1) is 6.92 Å². The van der Waals surface area contributed by atoms with Crippen molar-refractivity contribution >= 4 is 33.3 Å². The standard InChI is InChI=1S/C46H37N/c1-32(13-8-9-26-47-3)46-31-38(25-24-33(46)2)36-18-10-19-37(27-36)39-28-40(44-22-11-16-34-14-4-6-20-42(34)44)30-41(29-39)45-23-12-17-35-15-5-7-21-43(35)45/h4-31H,1-3H3/b9-8-,32-13+,47-26+. The lowest BCUT2D eigenvalue weighted by atomic mass is 9.89. The molecular weight excluding hydrogens is 567 g/mol. The van der Waals surface area contributed by atoms with Crippen molar-refractivity contribution < 1.29 is 0 Å². The molecule has 0 unspecified atom stereocenters. The molecule has 0 N–H and O–H groups in total. The van der Waals surface area contributed by atoms with Gasteiger partial charge in [0.1, 0.15) is 0 Å². The molecule has 7 rings (SSSR count). The molecule has 0 bridgehead atoms. The van der Waals surface area contributed by atoms with Crippen LogP contribution in [0.1, 0.15) is 18.1 Å². The molecule has 47 heavy (non-hydrogen) atoms. The number of aliphatic imine (C=N–C) groups is 1. The number of benzene rings is 7. The van der Waals surface area contributed by atoms with E-state index in [9.17, 15) is 0 Å². The SMILES string of the molecule is C/N=C/C=C\C=C(/C)c1cc(-c2cccc(-c3cc(-c4cccc5ccccc45)cc(-c4cccc5ccccc45)c3)c2)ccc1C. The van der Waals surface area contributed by atoms with Crippen molar-refractivity contribution in [3.8, 4) is 44.5 Å². The third-order valence-electron chi connectivity index (χ3n) is 9.02. The van der Waals surface area contributed by atoms with Gasteiger partial charge in [-0.05, 0) is 133 Å². The second kappa shape index (κ2) is 13.3. The number of fused-ring (bicyclic) bond motifs is 2. The van der Waals surface area contributed by atoms with Gasteiger partial charge in [-0.3, -0.25) is 4.99 Å². The lowest BCUT2D eigenvalue weighted by Gasteiger charge is -2.15. The van der Waals surface area contributed by atoms with Gasteiger partial charge in [-0.1, -0.05) is 127 Å². The highest BCUT2D eigenvalue weighted by Gasteiger charge is 2.13. The van der Waals surface area contributed by atoms with Gasteiger partial charge in [0.05, 0.1) is 0 Å². The molecule has 0 amide bonds. The number of rotatable bonds is 7. The van der Waals surface area contributed by atoms with Crippen LogP contribution in [0.2, 0.25) is 0 Å². The third-order valence-corrected chi connectivity index (χ3v) is 9.02. The summed E-state index contributed by atoms with van der Waals surface area (Å²) in [5.41, 5.74) is 13.5. The molecule has 1 nitrogen and oxygen atoms in total. The van der Waals surface area contributed by atoms with Gasteiger partial charge in [0.2, 0.25) is 0 Å². The van der Waals surface area contributed by atoms with Crippen LogP contribution in [-0.4, -0.2) is 13.3 Å². The Hall–Kier alpha value is -5.79. The van der Waals surface area contributed by atoms with Crippen molar-refractivity contribution in [2.24, 2.45) is 4.99 Å². The van der Waals surface area contributed by atoms with Crippen molar-refractivity contribution in [3.63, 3.8) is 0 Å². The van der Waals surface area contributed by atoms with Gasteiger partial charge < -0.3 is 0 Å². The summed E-state index contributed by atoms with van der Waals surface area (Å²) in [5.74, 6) is 0. The fourth-order valence-corrected chi connectivity index (χ4v) is 6.59. The summed E-state index contributed by atoms with van der Waals surface area (Å²) in [6.07, 6.45) is 7.97. The molecule has 226 valence electrons. The van der Waals surface area contributed by atoms with E-state index >= 15 is 0 Å². The molecule has 0 spiro atoms. The number of hydrogen-bond acceptors (Lipinski definition) is 1. The lowest BCUT2D eigenvalue weighted by molar-refractivity contribution is 1.41. The maximum atomic E-state index is 4.04. The zero-order chi connectivity index (χ0) is 32.2. The fraction of sp³-hybridized carbons (Fsp3) is 0.0652. The Bertz CT molecular complexity index is 2220. The lowest BCUT2D eigenvalue weighted by Crippen LogP contribution is -1.90. The van der Waals surface area contributed by atoms with Gasteiger partial charge in [-0.15, -0.1) is 0 Å². The average molecular weight is 604 g/mol. The van der Waals surface area contributed by atoms with Crippen LogP contribution in [0.3, 0.4) is 0 Å². The first-order valence-electron chi connectivity index (χ1n) is 16.2. The normalized spacial score (nSPS) is 12.1. The minimum Gasteiger partial charge on any atom is -0.297 e. The van der Waals surface area contributed by atoms with Gasteiger partial charge in [-0.2, -0.15) is 0 Å². The summed E-state index contributed by atoms with van der Waals surface area (Å²) >= 11 is 0. The third kappa shape index (κ3) is 6.21. The minimum atomic E-state index is 1.20. The Morgan fingerprint density at radius 2 is 1.00 bits per heavy atom. The van der Waals surface area contributed by atoms with Crippen molar-refractivity contribution in [1.82, 2.24) is 0 Å². The first-order valence-corrected chi connectivity index (χ1v) is 16.2. The second-order valence-electron chi connectivity index (χ2n) is 12.1. The quantitative estimate of drug-likeness (QED) is 0.127. The van der Waals surface area contributed by atoms with Crippen LogP contribution in [-0.2, 0) is 0 Å². The maximum Gasteiger partial charge on any atom is 0.0277 e. The summed E-state index contributed by atoms with van der Waals surface area (Å²) < 4.78 is 0. The zero-order valence-corrected chi connectivity index (χ0v) is 27.1. The predicted molar refractivity (Wildman–Crippen MR) is 205 cm³/mol. The topological polar surface area (TPSA) is 12.4 Å². The maximum absolute atomic E-state index is 4.04. The van der Waals surface area contributed by atoms with E-state index in [4.69, 9.17) is 0 Å². The van der Waals surface area contributed by atoms with E-state index in [0.717, 1.165) is 0 Å². The minimum absolute atomic E-state index is 1.20. The molecule has 0 aromatic heterocycles. The van der Waals surface area contributed by atoms with Crippen LogP contribution in [0.5, 0.6) is 0 Å². The Morgan fingerprint density at radius 1 is 0.489 bits per heavy atom. The molecule has 0 saturated heterocycles. The molecular formula is C46H37N. The molecule has 0 aliphatic rings. The average Bonchev–Trinajstić information content (AvgIpc) is 3.13. The highest BCUT2D eigenvalue weighted by atomic mass is 14.6. The van der Waals surface area contributed by atoms with Crippen LogP contribution in [0.15, 0.2) is 169 Å². The molecule has 0 heterocycles. The fourth-order valence-electron chi connectivity index (χ4n) is 6.59. The van der Waals surface area contributed by atoms with Crippen LogP contribution in [0.4, 0.5) is 0 Å². The number of nitrogens with zero attached hydrogens (tertiary/aromatic N) is 1. The summed E-state index contributed by atoms with van der Waals surface area (Å²) in [6.45, 7) is 4.35. The van der Waals surface area contributed by atoms with Gasteiger partial charge in [0.15, 0.2) is 0 Å². The molecule has 0 aliphatic heterocycles. The van der Waals surface area contributed by atoms with E-state index in [2.05, 4.69) is 171 Å². The van der Waals surface area contributed by atoms with Crippen molar-refractivity contribution in [2.75, 3.05) is 7.05 Å². The van der Waals surface area contributed by atoms with Gasteiger partial charge in [0, 0.05) is 13.3 Å². The van der Waals surface area contributed by atoms with Gasteiger partial charge in [0.25, 0.3) is 0 Å². The number of hydrogen-bond donors (Lipinski definition) is 0. The van der Waals surface area contributed by atoms with Crippen LogP contribution < -0.4 is 0 Å². The first kappa shape index (κ1) is 29.9. The smallest absolute Gasteiger partial charge is 0.0277 e. The number of allylic oxidation sites excluding steroid dienone is 4. The van der Waals surface area contributed by atoms with E-state index in [0.29, 0.717) is 0 Å². The molecule has 1 heteroatoms. The Morgan fingerprint density at radius 3 is 1.64 bits per heavy atom.